The van der Waals surface area contributed by atoms with Crippen molar-refractivity contribution in [3.8, 4) is 0 Å². The number of nitrogens with zero attached hydrogens (tertiary/aromatic N) is 6. The number of anilines is 1. The van der Waals surface area contributed by atoms with Crippen LogP contribution in [0.15, 0.2) is 24.5 Å². The first-order valence-corrected chi connectivity index (χ1v) is 9.80. The molecule has 2 aromatic rings. The van der Waals surface area contributed by atoms with E-state index >= 15 is 0 Å². The molecule has 0 saturated carbocycles. The molecule has 0 unspecified atom stereocenters. The van der Waals surface area contributed by atoms with Gasteiger partial charge >= 0.3 is 0 Å². The number of carbonyl (C=O) groups is 1. The van der Waals surface area contributed by atoms with Gasteiger partial charge in [-0.25, -0.2) is 9.50 Å². The van der Waals surface area contributed by atoms with E-state index in [0.717, 1.165) is 63.6 Å². The molecule has 0 aromatic carbocycles. The molecule has 2 aliphatic heterocycles. The molecule has 2 saturated heterocycles. The molecular formula is C19H28N6O. The summed E-state index contributed by atoms with van der Waals surface area (Å²) >= 11 is 0. The van der Waals surface area contributed by atoms with Gasteiger partial charge < -0.3 is 9.80 Å². The Bertz CT molecular complexity index is 743. The third-order valence-electron chi connectivity index (χ3n) is 5.70. The average Bonchev–Trinajstić information content (AvgIpc) is 2.99. The van der Waals surface area contributed by atoms with E-state index in [4.69, 9.17) is 0 Å². The zero-order chi connectivity index (χ0) is 17.9. The molecule has 0 radical (unpaired) electrons. The minimum atomic E-state index is -0.0284. The van der Waals surface area contributed by atoms with E-state index in [1.54, 1.807) is 6.20 Å². The highest BCUT2D eigenvalue weighted by atomic mass is 16.2. The first kappa shape index (κ1) is 17.3. The summed E-state index contributed by atoms with van der Waals surface area (Å²) in [6.45, 7) is 7.50. The maximum atomic E-state index is 12.9. The smallest absolute Gasteiger partial charge is 0.239 e. The lowest BCUT2D eigenvalue weighted by molar-refractivity contribution is -0.136. The Morgan fingerprint density at radius 2 is 1.73 bits per heavy atom. The predicted octanol–water partition coefficient (Wildman–Crippen LogP) is 1.64. The van der Waals surface area contributed by atoms with Gasteiger partial charge in [0.15, 0.2) is 5.65 Å². The Morgan fingerprint density at radius 1 is 1.00 bits per heavy atom. The van der Waals surface area contributed by atoms with E-state index in [2.05, 4.69) is 31.7 Å². The first-order valence-electron chi connectivity index (χ1n) is 9.80. The van der Waals surface area contributed by atoms with Crippen LogP contribution in [0.5, 0.6) is 0 Å². The lowest BCUT2D eigenvalue weighted by atomic mass is 10.2. The molecule has 0 bridgehead atoms. The summed E-state index contributed by atoms with van der Waals surface area (Å²) in [4.78, 5) is 23.8. The Kier molecular flexibility index (Phi) is 5.06. The minimum absolute atomic E-state index is 0.0284. The van der Waals surface area contributed by atoms with Gasteiger partial charge in [0, 0.05) is 51.7 Å². The lowest BCUT2D eigenvalue weighted by Gasteiger charge is -2.39. The maximum absolute atomic E-state index is 12.9. The van der Waals surface area contributed by atoms with E-state index in [0.29, 0.717) is 5.91 Å². The standard InChI is InChI=1S/C19H28N6O/c1-16(19(26)24-9-4-2-3-5-10-24)22-12-14-23(15-13-22)18-7-6-17-20-8-11-25(17)21-18/h6-8,11,16H,2-5,9-10,12-15H2,1H3/t16-/m1/s1. The molecule has 7 nitrogen and oxygen atoms in total. The van der Waals surface area contributed by atoms with Crippen molar-refractivity contribution in [1.82, 2.24) is 24.4 Å². The van der Waals surface area contributed by atoms with Crippen LogP contribution in [0.1, 0.15) is 32.6 Å². The number of aromatic nitrogens is 3. The quantitative estimate of drug-likeness (QED) is 0.837. The summed E-state index contributed by atoms with van der Waals surface area (Å²) in [6.07, 6.45) is 8.44. The highest BCUT2D eigenvalue weighted by molar-refractivity contribution is 5.81. The molecule has 7 heteroatoms. The zero-order valence-electron chi connectivity index (χ0n) is 15.5. The SMILES string of the molecule is C[C@H](C(=O)N1CCCCCC1)N1CCN(c2ccc3nccn3n2)CC1. The number of piperazine rings is 1. The van der Waals surface area contributed by atoms with Crippen LogP contribution >= 0.6 is 0 Å². The number of amides is 1. The van der Waals surface area contributed by atoms with Crippen LogP contribution in [0.25, 0.3) is 5.65 Å². The number of hydrogen-bond acceptors (Lipinski definition) is 5. The second-order valence-electron chi connectivity index (χ2n) is 7.36. The third-order valence-corrected chi connectivity index (χ3v) is 5.70. The molecule has 1 atom stereocenters. The van der Waals surface area contributed by atoms with Gasteiger partial charge in [0.25, 0.3) is 0 Å². The molecule has 1 amide bonds. The fourth-order valence-electron chi connectivity index (χ4n) is 4.02. The van der Waals surface area contributed by atoms with Crippen molar-refractivity contribution in [2.45, 2.75) is 38.6 Å². The van der Waals surface area contributed by atoms with E-state index < -0.39 is 0 Å². The second-order valence-corrected chi connectivity index (χ2v) is 7.36. The fraction of sp³-hybridized carbons (Fsp3) is 0.632. The van der Waals surface area contributed by atoms with Gasteiger partial charge in [-0.3, -0.25) is 9.69 Å². The van der Waals surface area contributed by atoms with Gasteiger partial charge in [-0.05, 0) is 31.9 Å². The van der Waals surface area contributed by atoms with Gasteiger partial charge in [0.2, 0.25) is 5.91 Å². The van der Waals surface area contributed by atoms with Crippen molar-refractivity contribution >= 4 is 17.4 Å². The third kappa shape index (κ3) is 3.53. The molecule has 2 aliphatic rings. The Labute approximate surface area is 154 Å². The summed E-state index contributed by atoms with van der Waals surface area (Å²) in [5.74, 6) is 1.28. The highest BCUT2D eigenvalue weighted by Gasteiger charge is 2.29. The molecule has 0 aliphatic carbocycles. The lowest BCUT2D eigenvalue weighted by Crippen LogP contribution is -2.55. The number of imidazole rings is 1. The van der Waals surface area contributed by atoms with Crippen LogP contribution in [0.2, 0.25) is 0 Å². The number of hydrogen-bond donors (Lipinski definition) is 0. The molecule has 4 rings (SSSR count). The molecule has 4 heterocycles. The Hall–Kier alpha value is -2.15. The van der Waals surface area contributed by atoms with Gasteiger partial charge in [0.1, 0.15) is 5.82 Å². The molecule has 2 fully saturated rings. The van der Waals surface area contributed by atoms with E-state index in [1.807, 2.05) is 22.8 Å². The molecular weight excluding hydrogens is 328 g/mol. The fourth-order valence-corrected chi connectivity index (χ4v) is 4.02. The number of likely N-dealkylation sites (tertiary alicyclic amines) is 1. The molecule has 0 spiro atoms. The van der Waals surface area contributed by atoms with Crippen LogP contribution < -0.4 is 4.90 Å². The van der Waals surface area contributed by atoms with Crippen molar-refractivity contribution in [2.24, 2.45) is 0 Å². The zero-order valence-corrected chi connectivity index (χ0v) is 15.5. The monoisotopic (exact) mass is 356 g/mol. The predicted molar refractivity (Wildman–Crippen MR) is 101 cm³/mol. The largest absolute Gasteiger partial charge is 0.353 e. The molecule has 140 valence electrons. The van der Waals surface area contributed by atoms with Crippen molar-refractivity contribution in [2.75, 3.05) is 44.2 Å². The van der Waals surface area contributed by atoms with Gasteiger partial charge in [-0.15, -0.1) is 5.10 Å². The van der Waals surface area contributed by atoms with Crippen LogP contribution in [-0.2, 0) is 4.79 Å². The van der Waals surface area contributed by atoms with Gasteiger partial charge in [0.05, 0.1) is 6.04 Å². The van der Waals surface area contributed by atoms with Crippen LogP contribution in [-0.4, -0.2) is 75.6 Å². The first-order chi connectivity index (χ1) is 12.7. The van der Waals surface area contributed by atoms with E-state index in [-0.39, 0.29) is 6.04 Å². The van der Waals surface area contributed by atoms with Crippen LogP contribution in [0, 0.1) is 0 Å². The van der Waals surface area contributed by atoms with Crippen LogP contribution in [0.3, 0.4) is 0 Å². The Morgan fingerprint density at radius 3 is 2.46 bits per heavy atom. The summed E-state index contributed by atoms with van der Waals surface area (Å²) in [5.41, 5.74) is 0.865. The number of rotatable bonds is 3. The van der Waals surface area contributed by atoms with Crippen LogP contribution in [0.4, 0.5) is 5.82 Å². The Balaban J connectivity index is 1.35. The topological polar surface area (TPSA) is 57.0 Å². The molecule has 0 N–H and O–H groups in total. The summed E-state index contributed by atoms with van der Waals surface area (Å²) in [6, 6.07) is 4.00. The second kappa shape index (κ2) is 7.61. The van der Waals surface area contributed by atoms with Crippen molar-refractivity contribution < 1.29 is 4.79 Å². The van der Waals surface area contributed by atoms with Gasteiger partial charge in [-0.2, -0.15) is 0 Å². The maximum Gasteiger partial charge on any atom is 0.239 e. The molecule has 2 aromatic heterocycles. The normalized spacial score (nSPS) is 21.0. The van der Waals surface area contributed by atoms with E-state index in [1.165, 1.54) is 12.8 Å². The van der Waals surface area contributed by atoms with Gasteiger partial charge in [-0.1, -0.05) is 12.8 Å². The van der Waals surface area contributed by atoms with E-state index in [9.17, 15) is 4.79 Å². The highest BCUT2D eigenvalue weighted by Crippen LogP contribution is 2.17. The summed E-state index contributed by atoms with van der Waals surface area (Å²) in [5, 5.41) is 4.63. The van der Waals surface area contributed by atoms with Crippen molar-refractivity contribution in [3.63, 3.8) is 0 Å². The number of carbonyl (C=O) groups excluding carboxylic acids is 1. The van der Waals surface area contributed by atoms with Crippen molar-refractivity contribution in [1.29, 1.82) is 0 Å². The molecule has 26 heavy (non-hydrogen) atoms. The summed E-state index contributed by atoms with van der Waals surface area (Å²) in [7, 11) is 0. The number of fused-ring (bicyclic) bond motifs is 1. The summed E-state index contributed by atoms with van der Waals surface area (Å²) < 4.78 is 1.81. The van der Waals surface area contributed by atoms with Crippen molar-refractivity contribution in [3.05, 3.63) is 24.5 Å². The average molecular weight is 356 g/mol. The minimum Gasteiger partial charge on any atom is -0.353 e.